The molecule has 5 heteroatoms. The molecule has 0 aromatic carbocycles. The van der Waals surface area contributed by atoms with Gasteiger partial charge in [0.05, 0.1) is 24.4 Å². The third kappa shape index (κ3) is 6.12. The molecular weight excluding hydrogens is 236 g/mol. The van der Waals surface area contributed by atoms with E-state index < -0.39 is 6.10 Å². The third-order valence-electron chi connectivity index (χ3n) is 2.19. The van der Waals surface area contributed by atoms with Crippen molar-refractivity contribution in [2.75, 3.05) is 13.2 Å². The van der Waals surface area contributed by atoms with Gasteiger partial charge in [-0.2, -0.15) is 0 Å². The Balaban J connectivity index is 2.22. The lowest BCUT2D eigenvalue weighted by Gasteiger charge is -2.22. The van der Waals surface area contributed by atoms with Crippen LogP contribution < -0.4 is 5.32 Å². The van der Waals surface area contributed by atoms with E-state index in [-0.39, 0.29) is 11.6 Å². The molecule has 1 rings (SSSR count). The van der Waals surface area contributed by atoms with Crippen molar-refractivity contribution in [2.24, 2.45) is 0 Å². The molecule has 1 aromatic rings. The van der Waals surface area contributed by atoms with Crippen LogP contribution >= 0.6 is 11.3 Å². The van der Waals surface area contributed by atoms with E-state index in [2.05, 4.69) is 10.3 Å². The molecule has 0 aliphatic rings. The molecule has 1 aromatic heterocycles. The zero-order chi connectivity index (χ0) is 12.9. The zero-order valence-electron chi connectivity index (χ0n) is 10.9. The fourth-order valence-electron chi connectivity index (χ4n) is 1.25. The first-order valence-corrected chi connectivity index (χ1v) is 6.71. The average molecular weight is 258 g/mol. The lowest BCUT2D eigenvalue weighted by atomic mass is 10.2. The van der Waals surface area contributed by atoms with Gasteiger partial charge < -0.3 is 15.2 Å². The lowest BCUT2D eigenvalue weighted by Crippen LogP contribution is -2.34. The number of nitrogens with zero attached hydrogens (tertiary/aromatic N) is 1. The standard InChI is InChI=1S/C12H22N2O2S/c1-9(11-13-5-6-17-11)14-7-10(15)8-16-12(2,3)4/h5-6,9-10,14-15H,7-8H2,1-4H3. The van der Waals surface area contributed by atoms with Crippen LogP contribution in [0.15, 0.2) is 11.6 Å². The summed E-state index contributed by atoms with van der Waals surface area (Å²) in [5.41, 5.74) is -0.206. The molecular formula is C12H22N2O2S. The summed E-state index contributed by atoms with van der Waals surface area (Å²) in [5.74, 6) is 0. The van der Waals surface area contributed by atoms with Crippen LogP contribution in [-0.4, -0.2) is 34.9 Å². The minimum Gasteiger partial charge on any atom is -0.389 e. The molecule has 0 saturated heterocycles. The Morgan fingerprint density at radius 2 is 2.24 bits per heavy atom. The summed E-state index contributed by atoms with van der Waals surface area (Å²) >= 11 is 1.61. The van der Waals surface area contributed by atoms with Crippen molar-refractivity contribution in [1.29, 1.82) is 0 Å². The molecule has 0 amide bonds. The van der Waals surface area contributed by atoms with E-state index in [1.54, 1.807) is 17.5 Å². The van der Waals surface area contributed by atoms with E-state index in [0.717, 1.165) is 5.01 Å². The maximum atomic E-state index is 9.75. The first-order valence-electron chi connectivity index (χ1n) is 5.83. The highest BCUT2D eigenvalue weighted by atomic mass is 32.1. The minimum atomic E-state index is -0.489. The molecule has 2 N–H and O–H groups in total. The molecule has 17 heavy (non-hydrogen) atoms. The van der Waals surface area contributed by atoms with Gasteiger partial charge >= 0.3 is 0 Å². The topological polar surface area (TPSA) is 54.4 Å². The van der Waals surface area contributed by atoms with Crippen molar-refractivity contribution in [3.05, 3.63) is 16.6 Å². The van der Waals surface area contributed by atoms with Crippen molar-refractivity contribution in [2.45, 2.75) is 45.4 Å². The molecule has 2 unspecified atom stereocenters. The molecule has 0 saturated carbocycles. The van der Waals surface area contributed by atoms with E-state index in [0.29, 0.717) is 13.2 Å². The van der Waals surface area contributed by atoms with Crippen LogP contribution in [0.4, 0.5) is 0 Å². The molecule has 0 aliphatic heterocycles. The fourth-order valence-corrected chi connectivity index (χ4v) is 1.92. The number of aromatic nitrogens is 1. The Morgan fingerprint density at radius 3 is 2.76 bits per heavy atom. The Hall–Kier alpha value is -0.490. The highest BCUT2D eigenvalue weighted by molar-refractivity contribution is 7.09. The van der Waals surface area contributed by atoms with Crippen LogP contribution in [0.25, 0.3) is 0 Å². The van der Waals surface area contributed by atoms with Crippen LogP contribution in [0.5, 0.6) is 0 Å². The Morgan fingerprint density at radius 1 is 1.53 bits per heavy atom. The summed E-state index contributed by atoms with van der Waals surface area (Å²) < 4.78 is 5.51. The van der Waals surface area contributed by atoms with Gasteiger partial charge in [-0.15, -0.1) is 11.3 Å². The van der Waals surface area contributed by atoms with Crippen LogP contribution in [0.2, 0.25) is 0 Å². The van der Waals surface area contributed by atoms with E-state index >= 15 is 0 Å². The van der Waals surface area contributed by atoms with Crippen molar-refractivity contribution in [1.82, 2.24) is 10.3 Å². The number of aliphatic hydroxyl groups is 1. The van der Waals surface area contributed by atoms with E-state index in [4.69, 9.17) is 4.74 Å². The second-order valence-corrected chi connectivity index (χ2v) is 6.00. The van der Waals surface area contributed by atoms with Gasteiger partial charge in [0.15, 0.2) is 0 Å². The highest BCUT2D eigenvalue weighted by Gasteiger charge is 2.15. The maximum absolute atomic E-state index is 9.75. The summed E-state index contributed by atoms with van der Waals surface area (Å²) in [5, 5.41) is 16.0. The summed E-state index contributed by atoms with van der Waals surface area (Å²) in [4.78, 5) is 4.22. The molecule has 1 heterocycles. The van der Waals surface area contributed by atoms with Gasteiger partial charge in [-0.25, -0.2) is 4.98 Å². The monoisotopic (exact) mass is 258 g/mol. The highest BCUT2D eigenvalue weighted by Crippen LogP contribution is 2.14. The molecule has 0 spiro atoms. The number of hydrogen-bond donors (Lipinski definition) is 2. The van der Waals surface area contributed by atoms with Gasteiger partial charge in [0.25, 0.3) is 0 Å². The largest absolute Gasteiger partial charge is 0.389 e. The van der Waals surface area contributed by atoms with Crippen molar-refractivity contribution >= 4 is 11.3 Å². The Kier molecular flexibility index (Phi) is 5.52. The first kappa shape index (κ1) is 14.6. The maximum Gasteiger partial charge on any atom is 0.109 e. The Labute approximate surface area is 107 Å². The first-order chi connectivity index (χ1) is 7.88. The number of hydrogen-bond acceptors (Lipinski definition) is 5. The number of ether oxygens (including phenoxy) is 1. The van der Waals surface area contributed by atoms with E-state index in [1.807, 2.05) is 33.1 Å². The Bertz CT molecular complexity index is 309. The van der Waals surface area contributed by atoms with Crippen molar-refractivity contribution in [3.8, 4) is 0 Å². The van der Waals surface area contributed by atoms with Crippen LogP contribution in [-0.2, 0) is 4.74 Å². The van der Waals surface area contributed by atoms with Crippen LogP contribution in [0.1, 0.15) is 38.7 Å². The predicted molar refractivity (Wildman–Crippen MR) is 70.2 cm³/mol. The summed E-state index contributed by atoms with van der Waals surface area (Å²) in [7, 11) is 0. The van der Waals surface area contributed by atoms with Crippen molar-refractivity contribution in [3.63, 3.8) is 0 Å². The van der Waals surface area contributed by atoms with Gasteiger partial charge in [-0.05, 0) is 27.7 Å². The third-order valence-corrected chi connectivity index (χ3v) is 3.15. The van der Waals surface area contributed by atoms with Gasteiger partial charge in [0.2, 0.25) is 0 Å². The average Bonchev–Trinajstić information content (AvgIpc) is 2.75. The quantitative estimate of drug-likeness (QED) is 0.819. The number of aliphatic hydroxyl groups excluding tert-OH is 1. The van der Waals surface area contributed by atoms with E-state index in [1.165, 1.54) is 0 Å². The smallest absolute Gasteiger partial charge is 0.109 e. The molecule has 0 fully saturated rings. The fraction of sp³-hybridized carbons (Fsp3) is 0.750. The lowest BCUT2D eigenvalue weighted by molar-refractivity contribution is -0.0482. The number of thiazole rings is 1. The predicted octanol–water partition coefficient (Wildman–Crippen LogP) is 1.97. The molecule has 0 aliphatic carbocycles. The molecule has 2 atom stereocenters. The molecule has 4 nitrogen and oxygen atoms in total. The second-order valence-electron chi connectivity index (χ2n) is 5.08. The van der Waals surface area contributed by atoms with E-state index in [9.17, 15) is 5.11 Å². The summed E-state index contributed by atoms with van der Waals surface area (Å²) in [6.45, 7) is 8.83. The van der Waals surface area contributed by atoms with Crippen LogP contribution in [0.3, 0.4) is 0 Å². The van der Waals surface area contributed by atoms with Crippen LogP contribution in [0, 0.1) is 0 Å². The van der Waals surface area contributed by atoms with Gasteiger partial charge in [-0.1, -0.05) is 0 Å². The van der Waals surface area contributed by atoms with Crippen molar-refractivity contribution < 1.29 is 9.84 Å². The molecule has 98 valence electrons. The SMILES string of the molecule is CC(NCC(O)COC(C)(C)C)c1nccs1. The minimum absolute atomic E-state index is 0.166. The normalized spacial score (nSPS) is 15.8. The number of nitrogens with one attached hydrogen (secondary N) is 1. The second kappa shape index (κ2) is 6.44. The molecule has 0 radical (unpaired) electrons. The number of rotatable bonds is 6. The van der Waals surface area contributed by atoms with Gasteiger partial charge in [0.1, 0.15) is 5.01 Å². The molecule has 0 bridgehead atoms. The summed E-state index contributed by atoms with van der Waals surface area (Å²) in [6, 6.07) is 0.166. The van der Waals surface area contributed by atoms with Gasteiger partial charge in [-0.3, -0.25) is 0 Å². The van der Waals surface area contributed by atoms with Gasteiger partial charge in [0, 0.05) is 18.1 Å². The zero-order valence-corrected chi connectivity index (χ0v) is 11.8. The summed E-state index contributed by atoms with van der Waals surface area (Å²) in [6.07, 6.45) is 1.30.